The first kappa shape index (κ1) is 21.9. The van der Waals surface area contributed by atoms with Crippen LogP contribution < -0.4 is 10.6 Å². The van der Waals surface area contributed by atoms with Gasteiger partial charge in [-0.3, -0.25) is 4.79 Å². The maximum Gasteiger partial charge on any atom is 0.417 e. The number of carbonyl (C=O) groups is 2. The second kappa shape index (κ2) is 8.66. The fraction of sp³-hybridized carbons (Fsp3) is 0.304. The second-order valence-electron chi connectivity index (χ2n) is 7.84. The monoisotopic (exact) mass is 445 g/mol. The van der Waals surface area contributed by atoms with Gasteiger partial charge in [0.15, 0.2) is 5.78 Å². The zero-order valence-electron chi connectivity index (χ0n) is 17.1. The molecule has 1 aromatic heterocycles. The SMILES string of the molecule is O=C(O)NCC(=O)C1Cn2ccc3c(C(F)(F)F)c(CCc4ccccc4)cc(c32)CN1. The molecule has 1 aliphatic rings. The number of hydrogen-bond donors (Lipinski definition) is 3. The number of rotatable bonds is 6. The number of alkyl halides is 3. The fourth-order valence-corrected chi connectivity index (χ4v) is 4.29. The Hall–Kier alpha value is -3.33. The van der Waals surface area contributed by atoms with Crippen LogP contribution in [0, 0.1) is 0 Å². The summed E-state index contributed by atoms with van der Waals surface area (Å²) in [4.78, 5) is 23.1. The van der Waals surface area contributed by atoms with Crippen LogP contribution in [0.3, 0.4) is 0 Å². The molecule has 1 aliphatic heterocycles. The number of halogens is 3. The zero-order valence-corrected chi connectivity index (χ0v) is 17.1. The smallest absolute Gasteiger partial charge is 0.417 e. The summed E-state index contributed by atoms with van der Waals surface area (Å²) in [6.45, 7) is -0.0400. The lowest BCUT2D eigenvalue weighted by Crippen LogP contribution is -2.43. The fourth-order valence-electron chi connectivity index (χ4n) is 4.29. The maximum absolute atomic E-state index is 14.1. The molecule has 0 fully saturated rings. The Labute approximate surface area is 182 Å². The Bertz CT molecular complexity index is 1160. The highest BCUT2D eigenvalue weighted by Gasteiger charge is 2.37. The second-order valence-corrected chi connectivity index (χ2v) is 7.84. The average Bonchev–Trinajstić information content (AvgIpc) is 3.06. The normalized spacial score (nSPS) is 16.0. The van der Waals surface area contributed by atoms with Crippen molar-refractivity contribution in [2.24, 2.45) is 0 Å². The number of aryl methyl sites for hydroxylation is 2. The van der Waals surface area contributed by atoms with Crippen molar-refractivity contribution in [2.45, 2.75) is 38.1 Å². The highest BCUT2D eigenvalue weighted by Crippen LogP contribution is 2.40. The molecule has 9 heteroatoms. The number of amides is 1. The molecule has 32 heavy (non-hydrogen) atoms. The molecule has 2 heterocycles. The number of nitrogens with zero attached hydrogens (tertiary/aromatic N) is 1. The standard InChI is InChI=1S/C23H22F3N3O3/c24-23(25,26)20-15(7-6-14-4-2-1-3-5-14)10-16-11-27-18(19(30)12-28-22(31)32)13-29-9-8-17(20)21(16)29/h1-5,8-10,18,27-28H,6-7,11-13H2,(H,31,32). The van der Waals surface area contributed by atoms with E-state index in [1.165, 1.54) is 6.07 Å². The van der Waals surface area contributed by atoms with Gasteiger partial charge in [0, 0.05) is 24.7 Å². The molecule has 3 N–H and O–H groups in total. The van der Waals surface area contributed by atoms with Gasteiger partial charge in [-0.1, -0.05) is 36.4 Å². The Morgan fingerprint density at radius 3 is 2.59 bits per heavy atom. The van der Waals surface area contributed by atoms with Gasteiger partial charge in [-0.25, -0.2) is 4.79 Å². The van der Waals surface area contributed by atoms with Crippen molar-refractivity contribution >= 4 is 22.8 Å². The topological polar surface area (TPSA) is 83.4 Å². The van der Waals surface area contributed by atoms with Gasteiger partial charge in [0.2, 0.25) is 0 Å². The third kappa shape index (κ3) is 4.47. The molecule has 6 nitrogen and oxygen atoms in total. The highest BCUT2D eigenvalue weighted by molar-refractivity contribution is 5.91. The van der Waals surface area contributed by atoms with Gasteiger partial charge in [-0.15, -0.1) is 0 Å². The van der Waals surface area contributed by atoms with Crippen LogP contribution in [0.4, 0.5) is 18.0 Å². The van der Waals surface area contributed by atoms with Crippen LogP contribution in [0.15, 0.2) is 48.7 Å². The molecule has 1 atom stereocenters. The lowest BCUT2D eigenvalue weighted by Gasteiger charge is -2.17. The van der Waals surface area contributed by atoms with Gasteiger partial charge >= 0.3 is 12.3 Å². The lowest BCUT2D eigenvalue weighted by atomic mass is 9.94. The molecule has 1 amide bonds. The van der Waals surface area contributed by atoms with Crippen LogP contribution in [0.2, 0.25) is 0 Å². The lowest BCUT2D eigenvalue weighted by molar-refractivity contribution is -0.136. The zero-order chi connectivity index (χ0) is 22.9. The summed E-state index contributed by atoms with van der Waals surface area (Å²) in [5.74, 6) is -0.373. The van der Waals surface area contributed by atoms with Crippen molar-refractivity contribution in [1.82, 2.24) is 15.2 Å². The summed E-state index contributed by atoms with van der Waals surface area (Å²) in [6.07, 6.45) is -3.56. The van der Waals surface area contributed by atoms with E-state index in [0.29, 0.717) is 17.5 Å². The maximum atomic E-state index is 14.1. The molecule has 0 saturated heterocycles. The third-order valence-electron chi connectivity index (χ3n) is 5.74. The van der Waals surface area contributed by atoms with Crippen LogP contribution in [-0.4, -0.2) is 34.1 Å². The van der Waals surface area contributed by atoms with E-state index in [2.05, 4.69) is 5.32 Å². The molecule has 2 aromatic carbocycles. The first-order chi connectivity index (χ1) is 15.2. The van der Waals surface area contributed by atoms with E-state index < -0.39 is 23.9 Å². The first-order valence-corrected chi connectivity index (χ1v) is 10.2. The third-order valence-corrected chi connectivity index (χ3v) is 5.74. The van der Waals surface area contributed by atoms with Gasteiger partial charge < -0.3 is 20.3 Å². The van der Waals surface area contributed by atoms with Gasteiger partial charge in [0.05, 0.1) is 23.7 Å². The predicted octanol–water partition coefficient (Wildman–Crippen LogP) is 3.75. The van der Waals surface area contributed by atoms with Crippen LogP contribution >= 0.6 is 0 Å². The number of nitrogens with one attached hydrogen (secondary N) is 2. The number of benzene rings is 2. The minimum atomic E-state index is -4.52. The van der Waals surface area contributed by atoms with Crippen LogP contribution in [-0.2, 0) is 36.9 Å². The molecule has 0 radical (unpaired) electrons. The van der Waals surface area contributed by atoms with E-state index >= 15 is 0 Å². The van der Waals surface area contributed by atoms with Crippen molar-refractivity contribution in [3.63, 3.8) is 0 Å². The number of ketones is 1. The average molecular weight is 445 g/mol. The number of carboxylic acid groups (broad SMARTS) is 1. The van der Waals surface area contributed by atoms with Gasteiger partial charge in [-0.05, 0) is 35.6 Å². The largest absolute Gasteiger partial charge is 0.465 e. The van der Waals surface area contributed by atoms with Crippen molar-refractivity contribution < 1.29 is 27.9 Å². The van der Waals surface area contributed by atoms with E-state index in [4.69, 9.17) is 5.11 Å². The van der Waals surface area contributed by atoms with Crippen molar-refractivity contribution in [3.8, 4) is 0 Å². The van der Waals surface area contributed by atoms with E-state index in [1.807, 2.05) is 35.6 Å². The minimum absolute atomic E-state index is 0.122. The summed E-state index contributed by atoms with van der Waals surface area (Å²) in [5.41, 5.74) is 1.68. The molecule has 1 unspecified atom stereocenters. The summed E-state index contributed by atoms with van der Waals surface area (Å²) in [5, 5.41) is 14.0. The summed E-state index contributed by atoms with van der Waals surface area (Å²) < 4.78 is 44.0. The minimum Gasteiger partial charge on any atom is -0.465 e. The number of aromatic nitrogens is 1. The molecule has 4 rings (SSSR count). The number of Topliss-reactive ketones (excluding diaryl/α,β-unsaturated/α-hetero) is 1. The Morgan fingerprint density at radius 1 is 1.16 bits per heavy atom. The van der Waals surface area contributed by atoms with E-state index in [0.717, 1.165) is 5.56 Å². The molecule has 0 spiro atoms. The Balaban J connectivity index is 1.69. The molecule has 168 valence electrons. The molecular formula is C23H22F3N3O3. The first-order valence-electron chi connectivity index (χ1n) is 10.2. The van der Waals surface area contributed by atoms with E-state index in [9.17, 15) is 22.8 Å². The highest BCUT2D eigenvalue weighted by atomic mass is 19.4. The van der Waals surface area contributed by atoms with Gasteiger partial charge in [-0.2, -0.15) is 13.2 Å². The van der Waals surface area contributed by atoms with Crippen LogP contribution in [0.5, 0.6) is 0 Å². The molecular weight excluding hydrogens is 423 g/mol. The van der Waals surface area contributed by atoms with Crippen molar-refractivity contribution in [3.05, 3.63) is 70.9 Å². The quantitative estimate of drug-likeness (QED) is 0.540. The molecule has 3 aromatic rings. The summed E-state index contributed by atoms with van der Waals surface area (Å²) in [7, 11) is 0. The Morgan fingerprint density at radius 2 is 1.91 bits per heavy atom. The number of carbonyl (C=O) groups excluding carboxylic acids is 1. The van der Waals surface area contributed by atoms with Crippen LogP contribution in [0.1, 0.15) is 22.3 Å². The number of hydrogen-bond acceptors (Lipinski definition) is 3. The molecule has 0 aliphatic carbocycles. The van der Waals surface area contributed by atoms with E-state index in [1.54, 1.807) is 16.8 Å². The van der Waals surface area contributed by atoms with Crippen LogP contribution in [0.25, 0.3) is 10.9 Å². The molecule has 0 bridgehead atoms. The van der Waals surface area contributed by atoms with Crippen molar-refractivity contribution in [1.29, 1.82) is 0 Å². The summed E-state index contributed by atoms with van der Waals surface area (Å²) in [6, 6.07) is 11.7. The van der Waals surface area contributed by atoms with Gasteiger partial charge in [0.1, 0.15) is 0 Å². The summed E-state index contributed by atoms with van der Waals surface area (Å²) >= 11 is 0. The van der Waals surface area contributed by atoms with Crippen molar-refractivity contribution in [2.75, 3.05) is 6.54 Å². The Kier molecular flexibility index (Phi) is 5.92. The molecule has 0 saturated carbocycles. The van der Waals surface area contributed by atoms with Gasteiger partial charge in [0.25, 0.3) is 0 Å². The predicted molar refractivity (Wildman–Crippen MR) is 112 cm³/mol. The van der Waals surface area contributed by atoms with E-state index in [-0.39, 0.29) is 42.8 Å².